The van der Waals surface area contributed by atoms with Crippen LogP contribution in [-0.2, 0) is 5.75 Å². The van der Waals surface area contributed by atoms with Gasteiger partial charge in [-0.2, -0.15) is 4.99 Å². The zero-order chi connectivity index (χ0) is 12.1. The van der Waals surface area contributed by atoms with Gasteiger partial charge in [0.05, 0.1) is 0 Å². The monoisotopic (exact) mass is 312 g/mol. The number of nitrogens with zero attached hydrogens (tertiary/aromatic N) is 1. The first-order chi connectivity index (χ1) is 7.49. The van der Waals surface area contributed by atoms with Crippen LogP contribution in [0.15, 0.2) is 23.2 Å². The third kappa shape index (κ3) is 6.02. The van der Waals surface area contributed by atoms with Gasteiger partial charge in [-0.3, -0.25) is 5.41 Å². The Bertz CT molecular complexity index is 432. The van der Waals surface area contributed by atoms with Crippen molar-refractivity contribution in [3.05, 3.63) is 33.8 Å². The van der Waals surface area contributed by atoms with Crippen LogP contribution in [0.5, 0.6) is 0 Å². The van der Waals surface area contributed by atoms with Gasteiger partial charge in [0.2, 0.25) is 0 Å². The van der Waals surface area contributed by atoms with Gasteiger partial charge in [0.25, 0.3) is 0 Å². The van der Waals surface area contributed by atoms with Crippen molar-refractivity contribution in [3.8, 4) is 0 Å². The van der Waals surface area contributed by atoms with E-state index < -0.39 is 0 Å². The molecule has 4 nitrogen and oxygen atoms in total. The Morgan fingerprint density at radius 3 is 2.53 bits per heavy atom. The summed E-state index contributed by atoms with van der Waals surface area (Å²) in [6.07, 6.45) is 0. The molecule has 0 amide bonds. The second-order valence-electron chi connectivity index (χ2n) is 2.87. The third-order valence-electron chi connectivity index (χ3n) is 1.61. The zero-order valence-corrected chi connectivity index (χ0v) is 11.8. The highest BCUT2D eigenvalue weighted by molar-refractivity contribution is 8.13. The lowest BCUT2D eigenvalue weighted by Gasteiger charge is -2.03. The Morgan fingerprint density at radius 2 is 2.00 bits per heavy atom. The number of benzene rings is 1. The van der Waals surface area contributed by atoms with E-state index in [1.807, 2.05) is 0 Å². The molecule has 0 saturated carbocycles. The maximum atomic E-state index is 7.43. The molecule has 0 fully saturated rings. The van der Waals surface area contributed by atoms with Crippen molar-refractivity contribution in [2.45, 2.75) is 5.75 Å². The molecule has 8 heteroatoms. The summed E-state index contributed by atoms with van der Waals surface area (Å²) in [5.41, 5.74) is 11.2. The van der Waals surface area contributed by atoms with Crippen LogP contribution in [0.2, 0.25) is 10.0 Å². The summed E-state index contributed by atoms with van der Waals surface area (Å²) >= 11 is 12.9. The normalized spacial score (nSPS) is 9.29. The summed E-state index contributed by atoms with van der Waals surface area (Å²) in [5, 5.41) is 8.62. The summed E-state index contributed by atoms with van der Waals surface area (Å²) in [6, 6.07) is 5.21. The number of aliphatic imine (C=N–C) groups is 1. The highest BCUT2D eigenvalue weighted by Gasteiger charge is 2.03. The Labute approximate surface area is 120 Å². The summed E-state index contributed by atoms with van der Waals surface area (Å²) in [7, 11) is 0. The fraction of sp³-hybridized carbons (Fsp3) is 0.111. The van der Waals surface area contributed by atoms with E-state index >= 15 is 0 Å². The average Bonchev–Trinajstić information content (AvgIpc) is 2.15. The number of guanidine groups is 1. The van der Waals surface area contributed by atoms with Gasteiger partial charge in [0, 0.05) is 15.8 Å². The predicted octanol–water partition coefficient (Wildman–Crippen LogP) is 2.86. The average molecular weight is 314 g/mol. The molecule has 94 valence electrons. The quantitative estimate of drug-likeness (QED) is 0.579. The van der Waals surface area contributed by atoms with Gasteiger partial charge in [0.15, 0.2) is 11.1 Å². The smallest absolute Gasteiger partial charge is 0.193 e. The van der Waals surface area contributed by atoms with Crippen molar-refractivity contribution >= 4 is 58.5 Å². The molecular formula is C9H11Cl3N4S. The van der Waals surface area contributed by atoms with E-state index in [4.69, 9.17) is 40.1 Å². The van der Waals surface area contributed by atoms with Gasteiger partial charge in [-0.1, -0.05) is 41.0 Å². The second kappa shape index (κ2) is 7.66. The molecule has 0 saturated heterocycles. The van der Waals surface area contributed by atoms with E-state index in [1.54, 1.807) is 18.2 Å². The fourth-order valence-corrected chi connectivity index (χ4v) is 2.20. The standard InChI is InChI=1S/C9H10Cl2N4S.ClH/c10-6-2-1-5(7(11)3-6)4-16-9(14)15-8(12)13;/h1-3H,4H2,(H5,12,13,14,15);1H. The van der Waals surface area contributed by atoms with Crippen LogP contribution in [-0.4, -0.2) is 11.1 Å². The van der Waals surface area contributed by atoms with Crippen LogP contribution < -0.4 is 11.5 Å². The van der Waals surface area contributed by atoms with Gasteiger partial charge >= 0.3 is 0 Å². The largest absolute Gasteiger partial charge is 0.370 e. The van der Waals surface area contributed by atoms with E-state index in [9.17, 15) is 0 Å². The Balaban J connectivity index is 0.00000256. The molecule has 0 aliphatic carbocycles. The van der Waals surface area contributed by atoms with Gasteiger partial charge in [-0.15, -0.1) is 12.4 Å². The fourth-order valence-electron chi connectivity index (χ4n) is 0.934. The highest BCUT2D eigenvalue weighted by atomic mass is 35.5. The minimum Gasteiger partial charge on any atom is -0.370 e. The van der Waals surface area contributed by atoms with Gasteiger partial charge in [-0.25, -0.2) is 0 Å². The number of thioether (sulfide) groups is 1. The number of hydrogen-bond donors (Lipinski definition) is 3. The maximum Gasteiger partial charge on any atom is 0.193 e. The summed E-state index contributed by atoms with van der Waals surface area (Å²) in [6.45, 7) is 0. The first kappa shape index (κ1) is 16.4. The number of nitrogens with two attached hydrogens (primary N) is 2. The van der Waals surface area contributed by atoms with Gasteiger partial charge in [-0.05, 0) is 17.7 Å². The highest BCUT2D eigenvalue weighted by Crippen LogP contribution is 2.25. The molecule has 1 aromatic rings. The van der Waals surface area contributed by atoms with E-state index in [0.717, 1.165) is 5.56 Å². The Kier molecular flexibility index (Phi) is 7.38. The number of rotatable bonds is 2. The molecule has 0 aliphatic rings. The van der Waals surface area contributed by atoms with Crippen molar-refractivity contribution in [3.63, 3.8) is 0 Å². The molecule has 0 spiro atoms. The summed E-state index contributed by atoms with van der Waals surface area (Å²) in [4.78, 5) is 3.59. The van der Waals surface area contributed by atoms with Crippen LogP contribution in [0.25, 0.3) is 0 Å². The minimum atomic E-state index is -0.125. The van der Waals surface area contributed by atoms with Crippen LogP contribution in [0.3, 0.4) is 0 Å². The van der Waals surface area contributed by atoms with Crippen molar-refractivity contribution in [1.29, 1.82) is 5.41 Å². The molecule has 1 rings (SSSR count). The SMILES string of the molecule is Cl.N=C(N=C(N)N)SCc1ccc(Cl)cc1Cl. The van der Waals surface area contributed by atoms with E-state index in [0.29, 0.717) is 15.8 Å². The molecule has 0 heterocycles. The van der Waals surface area contributed by atoms with Crippen molar-refractivity contribution in [1.82, 2.24) is 0 Å². The lowest BCUT2D eigenvalue weighted by molar-refractivity contribution is 1.41. The molecule has 1 aromatic carbocycles. The topological polar surface area (TPSA) is 88.2 Å². The lowest BCUT2D eigenvalue weighted by atomic mass is 10.2. The Hall–Kier alpha value is -0.620. The molecule has 0 bridgehead atoms. The van der Waals surface area contributed by atoms with Crippen molar-refractivity contribution in [2.24, 2.45) is 16.5 Å². The molecular weight excluding hydrogens is 303 g/mol. The maximum absolute atomic E-state index is 7.43. The van der Waals surface area contributed by atoms with E-state index in [2.05, 4.69) is 4.99 Å². The number of halogens is 3. The molecule has 5 N–H and O–H groups in total. The first-order valence-electron chi connectivity index (χ1n) is 4.24. The molecule has 0 aliphatic heterocycles. The molecule has 0 radical (unpaired) electrons. The summed E-state index contributed by atoms with van der Waals surface area (Å²) < 4.78 is 0. The molecule has 17 heavy (non-hydrogen) atoms. The number of hydrogen-bond acceptors (Lipinski definition) is 2. The molecule has 0 atom stereocenters. The van der Waals surface area contributed by atoms with Crippen LogP contribution in [0.4, 0.5) is 0 Å². The second-order valence-corrected chi connectivity index (χ2v) is 4.67. The first-order valence-corrected chi connectivity index (χ1v) is 5.98. The van der Waals surface area contributed by atoms with E-state index in [-0.39, 0.29) is 23.5 Å². The van der Waals surface area contributed by atoms with Crippen LogP contribution in [0.1, 0.15) is 5.56 Å². The van der Waals surface area contributed by atoms with E-state index in [1.165, 1.54) is 11.8 Å². The minimum absolute atomic E-state index is 0. The molecule has 0 aromatic heterocycles. The van der Waals surface area contributed by atoms with Crippen molar-refractivity contribution in [2.75, 3.05) is 0 Å². The number of nitrogens with one attached hydrogen (secondary N) is 1. The summed E-state index contributed by atoms with van der Waals surface area (Å²) in [5.74, 6) is 0.394. The van der Waals surface area contributed by atoms with Crippen molar-refractivity contribution < 1.29 is 0 Å². The lowest BCUT2D eigenvalue weighted by Crippen LogP contribution is -2.23. The zero-order valence-electron chi connectivity index (χ0n) is 8.61. The number of amidine groups is 1. The predicted molar refractivity (Wildman–Crippen MR) is 78.5 cm³/mol. The van der Waals surface area contributed by atoms with Gasteiger partial charge in [0.1, 0.15) is 0 Å². The van der Waals surface area contributed by atoms with Crippen LogP contribution >= 0.6 is 47.4 Å². The van der Waals surface area contributed by atoms with Crippen LogP contribution in [0, 0.1) is 5.41 Å². The van der Waals surface area contributed by atoms with Gasteiger partial charge < -0.3 is 11.5 Å². The third-order valence-corrected chi connectivity index (χ3v) is 3.02. The molecule has 0 unspecified atom stereocenters. The Morgan fingerprint density at radius 1 is 1.35 bits per heavy atom.